The van der Waals surface area contributed by atoms with Crippen LogP contribution in [0.2, 0.25) is 0 Å². The van der Waals surface area contributed by atoms with E-state index in [0.29, 0.717) is 5.69 Å². The maximum atomic E-state index is 10.7. The Balaban J connectivity index is 1.66. The third-order valence-corrected chi connectivity index (χ3v) is 4.83. The smallest absolute Gasteiger partial charge is 0.258 e. The molecule has 24 heavy (non-hydrogen) atoms. The fraction of sp³-hybridized carbons (Fsp3) is 0.0588. The first-order chi connectivity index (χ1) is 11.6. The lowest BCUT2D eigenvalue weighted by Crippen LogP contribution is -1.91. The van der Waals surface area contributed by atoms with Gasteiger partial charge in [0.05, 0.1) is 10.6 Å². The molecule has 7 heteroatoms. The second-order valence-electron chi connectivity index (χ2n) is 4.98. The van der Waals surface area contributed by atoms with Crippen molar-refractivity contribution in [2.45, 2.75) is 10.8 Å². The predicted octanol–water partition coefficient (Wildman–Crippen LogP) is 5.11. The highest BCUT2D eigenvalue weighted by atomic mass is 79.9. The molecule has 0 saturated heterocycles. The third kappa shape index (κ3) is 4.18. The van der Waals surface area contributed by atoms with Gasteiger partial charge in [0.15, 0.2) is 0 Å². The number of thioether (sulfide) groups is 1. The summed E-state index contributed by atoms with van der Waals surface area (Å²) in [4.78, 5) is 10.3. The summed E-state index contributed by atoms with van der Waals surface area (Å²) in [5, 5.41) is 19.9. The first-order valence-electron chi connectivity index (χ1n) is 7.07. The molecule has 2 aromatic carbocycles. The van der Waals surface area contributed by atoms with Crippen molar-refractivity contribution < 1.29 is 4.92 Å². The average Bonchev–Trinajstić information content (AvgIpc) is 2.62. The first-order valence-corrected chi connectivity index (χ1v) is 8.85. The number of nitro groups is 1. The van der Waals surface area contributed by atoms with Crippen molar-refractivity contribution in [1.29, 1.82) is 0 Å². The van der Waals surface area contributed by atoms with Crippen LogP contribution >= 0.6 is 27.7 Å². The highest BCUT2D eigenvalue weighted by Gasteiger charge is 2.07. The lowest BCUT2D eigenvalue weighted by molar-refractivity contribution is -0.384. The zero-order chi connectivity index (χ0) is 16.9. The van der Waals surface area contributed by atoms with Crippen LogP contribution in [-0.4, -0.2) is 15.1 Å². The van der Waals surface area contributed by atoms with E-state index >= 15 is 0 Å². The van der Waals surface area contributed by atoms with Crippen LogP contribution in [0.15, 0.2) is 70.2 Å². The van der Waals surface area contributed by atoms with Crippen LogP contribution in [0.5, 0.6) is 0 Å². The van der Waals surface area contributed by atoms with Crippen LogP contribution in [0.4, 0.5) is 5.69 Å². The topological polar surface area (TPSA) is 68.9 Å². The summed E-state index contributed by atoms with van der Waals surface area (Å²) in [5.41, 5.74) is 2.77. The quantitative estimate of drug-likeness (QED) is 0.337. The van der Waals surface area contributed by atoms with E-state index in [1.165, 1.54) is 17.7 Å². The number of aromatic nitrogens is 2. The fourth-order valence-electron chi connectivity index (χ4n) is 2.04. The molecular formula is C17H12BrN3O2S. The van der Waals surface area contributed by atoms with E-state index in [1.54, 1.807) is 23.9 Å². The van der Waals surface area contributed by atoms with Gasteiger partial charge in [-0.1, -0.05) is 39.8 Å². The first kappa shape index (κ1) is 16.6. The van der Waals surface area contributed by atoms with Gasteiger partial charge in [-0.15, -0.1) is 10.2 Å². The number of halogens is 1. The summed E-state index contributed by atoms with van der Waals surface area (Å²) >= 11 is 5.03. The second kappa shape index (κ2) is 7.55. The molecule has 0 aliphatic heterocycles. The molecule has 0 saturated carbocycles. The minimum Gasteiger partial charge on any atom is -0.258 e. The molecular weight excluding hydrogens is 390 g/mol. The number of non-ortho nitro benzene ring substituents is 1. The van der Waals surface area contributed by atoms with E-state index in [9.17, 15) is 10.1 Å². The maximum Gasteiger partial charge on any atom is 0.269 e. The minimum absolute atomic E-state index is 0.0633. The largest absolute Gasteiger partial charge is 0.269 e. The van der Waals surface area contributed by atoms with Crippen molar-refractivity contribution in [3.63, 3.8) is 0 Å². The monoisotopic (exact) mass is 401 g/mol. The molecule has 0 aliphatic rings. The van der Waals surface area contributed by atoms with Crippen molar-refractivity contribution >= 4 is 33.4 Å². The van der Waals surface area contributed by atoms with E-state index in [0.717, 1.165) is 20.8 Å². The Bertz CT molecular complexity index is 837. The molecule has 120 valence electrons. The molecule has 1 aromatic heterocycles. The van der Waals surface area contributed by atoms with Crippen LogP contribution in [-0.2, 0) is 5.75 Å². The highest BCUT2D eigenvalue weighted by molar-refractivity contribution is 9.10. The zero-order valence-electron chi connectivity index (χ0n) is 12.4. The molecule has 0 fully saturated rings. The van der Waals surface area contributed by atoms with Crippen LogP contribution in [0.25, 0.3) is 11.3 Å². The highest BCUT2D eigenvalue weighted by Crippen LogP contribution is 2.24. The van der Waals surface area contributed by atoms with Gasteiger partial charge in [-0.2, -0.15) is 0 Å². The number of nitrogens with zero attached hydrogens (tertiary/aromatic N) is 3. The molecule has 0 radical (unpaired) electrons. The van der Waals surface area contributed by atoms with Crippen molar-refractivity contribution in [2.75, 3.05) is 0 Å². The molecule has 0 aliphatic carbocycles. The Labute approximate surface area is 151 Å². The van der Waals surface area contributed by atoms with Crippen LogP contribution in [0, 0.1) is 10.1 Å². The van der Waals surface area contributed by atoms with E-state index < -0.39 is 4.92 Å². The van der Waals surface area contributed by atoms with Crippen molar-refractivity contribution in [3.8, 4) is 11.3 Å². The number of nitro benzene ring substituents is 1. The van der Waals surface area contributed by atoms with Crippen molar-refractivity contribution in [2.24, 2.45) is 0 Å². The van der Waals surface area contributed by atoms with Gasteiger partial charge in [0, 0.05) is 27.9 Å². The predicted molar refractivity (Wildman–Crippen MR) is 97.8 cm³/mol. The second-order valence-corrected chi connectivity index (χ2v) is 6.89. The molecule has 3 aromatic rings. The summed E-state index contributed by atoms with van der Waals surface area (Å²) < 4.78 is 1.06. The molecule has 0 atom stereocenters. The SMILES string of the molecule is O=[N+]([O-])c1ccc(-c2ccc(SCc3ccc(Br)cc3)nn2)cc1. The van der Waals surface area contributed by atoms with Crippen LogP contribution < -0.4 is 0 Å². The van der Waals surface area contributed by atoms with Gasteiger partial charge in [0.25, 0.3) is 5.69 Å². The number of benzene rings is 2. The standard InChI is InChI=1S/C17H12BrN3O2S/c18-14-5-1-12(2-6-14)11-24-17-10-9-16(19-20-17)13-3-7-15(8-4-13)21(22)23/h1-10H,11H2. The Morgan fingerprint density at radius 1 is 0.958 bits per heavy atom. The Morgan fingerprint density at radius 2 is 1.67 bits per heavy atom. The number of rotatable bonds is 5. The Morgan fingerprint density at radius 3 is 2.25 bits per heavy atom. The molecule has 0 bridgehead atoms. The molecule has 5 nitrogen and oxygen atoms in total. The van der Waals surface area contributed by atoms with Gasteiger partial charge in [-0.3, -0.25) is 10.1 Å². The summed E-state index contributed by atoms with van der Waals surface area (Å²) in [7, 11) is 0. The Hall–Kier alpha value is -2.25. The van der Waals surface area contributed by atoms with Gasteiger partial charge in [0.1, 0.15) is 5.03 Å². The number of hydrogen-bond donors (Lipinski definition) is 0. The van der Waals surface area contributed by atoms with Crippen LogP contribution in [0.3, 0.4) is 0 Å². The van der Waals surface area contributed by atoms with Crippen LogP contribution in [0.1, 0.15) is 5.56 Å². The fourth-order valence-corrected chi connectivity index (χ4v) is 3.08. The normalized spacial score (nSPS) is 10.5. The van der Waals surface area contributed by atoms with Gasteiger partial charge >= 0.3 is 0 Å². The van der Waals surface area contributed by atoms with Crippen molar-refractivity contribution in [1.82, 2.24) is 10.2 Å². The minimum atomic E-state index is -0.419. The lowest BCUT2D eigenvalue weighted by atomic mass is 10.1. The van der Waals surface area contributed by atoms with Crippen molar-refractivity contribution in [3.05, 3.63) is 80.8 Å². The van der Waals surface area contributed by atoms with Gasteiger partial charge in [-0.05, 0) is 42.0 Å². The maximum absolute atomic E-state index is 10.7. The van der Waals surface area contributed by atoms with E-state index in [1.807, 2.05) is 24.3 Å². The molecule has 0 unspecified atom stereocenters. The van der Waals surface area contributed by atoms with Gasteiger partial charge in [-0.25, -0.2) is 0 Å². The molecule has 0 N–H and O–H groups in total. The summed E-state index contributed by atoms with van der Waals surface area (Å²) in [6.45, 7) is 0. The molecule has 0 amide bonds. The summed E-state index contributed by atoms with van der Waals surface area (Å²) in [6, 6.07) is 18.2. The summed E-state index contributed by atoms with van der Waals surface area (Å²) in [5.74, 6) is 0.818. The Kier molecular flexibility index (Phi) is 5.22. The van der Waals surface area contributed by atoms with E-state index in [2.05, 4.69) is 38.3 Å². The number of hydrogen-bond acceptors (Lipinski definition) is 5. The van der Waals surface area contributed by atoms with Gasteiger partial charge in [0.2, 0.25) is 0 Å². The van der Waals surface area contributed by atoms with E-state index in [4.69, 9.17) is 0 Å². The third-order valence-electron chi connectivity index (χ3n) is 3.31. The zero-order valence-corrected chi connectivity index (χ0v) is 14.8. The molecule has 1 heterocycles. The lowest BCUT2D eigenvalue weighted by Gasteiger charge is -2.03. The average molecular weight is 402 g/mol. The van der Waals surface area contributed by atoms with E-state index in [-0.39, 0.29) is 5.69 Å². The van der Waals surface area contributed by atoms with Gasteiger partial charge < -0.3 is 0 Å². The molecule has 0 spiro atoms. The summed E-state index contributed by atoms with van der Waals surface area (Å²) in [6.07, 6.45) is 0. The molecule has 3 rings (SSSR count).